The molecule has 2 N–H and O–H groups in total. The summed E-state index contributed by atoms with van der Waals surface area (Å²) in [6.45, 7) is 5.21. The number of hydrogen-bond acceptors (Lipinski definition) is 5. The van der Waals surface area contributed by atoms with Crippen molar-refractivity contribution in [2.24, 2.45) is 5.73 Å². The molecule has 0 aliphatic carbocycles. The maximum Gasteiger partial charge on any atom is 0.259 e. The van der Waals surface area contributed by atoms with E-state index in [1.54, 1.807) is 11.8 Å². The highest BCUT2D eigenvalue weighted by Gasteiger charge is 2.28. The Morgan fingerprint density at radius 2 is 2.47 bits per heavy atom. The van der Waals surface area contributed by atoms with Crippen molar-refractivity contribution in [3.63, 3.8) is 0 Å². The number of aryl methyl sites for hydroxylation is 1. The van der Waals surface area contributed by atoms with Gasteiger partial charge in [0.1, 0.15) is 11.3 Å². The van der Waals surface area contributed by atoms with Gasteiger partial charge in [0.25, 0.3) is 5.91 Å². The highest BCUT2D eigenvalue weighted by atomic mass is 16.5. The molecule has 94 valence electrons. The van der Waals surface area contributed by atoms with Crippen molar-refractivity contribution in [1.82, 2.24) is 10.1 Å². The third kappa shape index (κ3) is 2.48. The van der Waals surface area contributed by atoms with E-state index in [2.05, 4.69) is 5.16 Å². The molecule has 6 nitrogen and oxygen atoms in total. The van der Waals surface area contributed by atoms with Crippen molar-refractivity contribution >= 4 is 5.91 Å². The van der Waals surface area contributed by atoms with Gasteiger partial charge in [-0.05, 0) is 13.8 Å². The molecule has 1 aliphatic heterocycles. The van der Waals surface area contributed by atoms with Crippen LogP contribution in [0.1, 0.15) is 23.0 Å². The molecule has 2 heterocycles. The van der Waals surface area contributed by atoms with E-state index in [4.69, 9.17) is 15.0 Å². The maximum atomic E-state index is 12.2. The van der Waals surface area contributed by atoms with E-state index in [-0.39, 0.29) is 18.1 Å². The zero-order valence-corrected chi connectivity index (χ0v) is 10.0. The van der Waals surface area contributed by atoms with Gasteiger partial charge in [-0.15, -0.1) is 0 Å². The van der Waals surface area contributed by atoms with Gasteiger partial charge in [0.05, 0.1) is 18.9 Å². The summed E-state index contributed by atoms with van der Waals surface area (Å²) in [5.41, 5.74) is 6.29. The van der Waals surface area contributed by atoms with E-state index in [1.807, 2.05) is 6.92 Å². The van der Waals surface area contributed by atoms with E-state index in [9.17, 15) is 4.79 Å². The number of nitrogens with zero attached hydrogens (tertiary/aromatic N) is 2. The average Bonchev–Trinajstić information content (AvgIpc) is 2.74. The number of amides is 1. The van der Waals surface area contributed by atoms with Gasteiger partial charge in [0.15, 0.2) is 0 Å². The van der Waals surface area contributed by atoms with Gasteiger partial charge < -0.3 is 19.9 Å². The Balaban J connectivity index is 2.07. The standard InChI is InChI=1S/C11H17N3O3/c1-7(12)10-6-14(3-4-16-10)11(15)9-5-13-17-8(9)2/h5,7,10H,3-4,6,12H2,1-2H3. The fourth-order valence-corrected chi connectivity index (χ4v) is 1.85. The minimum Gasteiger partial charge on any atom is -0.373 e. The number of morpholine rings is 1. The smallest absolute Gasteiger partial charge is 0.259 e. The molecule has 17 heavy (non-hydrogen) atoms. The first kappa shape index (κ1) is 12.1. The molecular weight excluding hydrogens is 222 g/mol. The molecule has 0 radical (unpaired) electrons. The lowest BCUT2D eigenvalue weighted by atomic mass is 10.1. The van der Waals surface area contributed by atoms with Crippen LogP contribution in [0.25, 0.3) is 0 Å². The second kappa shape index (κ2) is 4.85. The summed E-state index contributed by atoms with van der Waals surface area (Å²) < 4.78 is 10.4. The lowest BCUT2D eigenvalue weighted by Crippen LogP contribution is -2.51. The molecular formula is C11H17N3O3. The fraction of sp³-hybridized carbons (Fsp3) is 0.636. The molecule has 6 heteroatoms. The van der Waals surface area contributed by atoms with Gasteiger partial charge >= 0.3 is 0 Å². The number of ether oxygens (including phenoxy) is 1. The number of carbonyl (C=O) groups is 1. The number of rotatable bonds is 2. The van der Waals surface area contributed by atoms with Crippen LogP contribution in [0.15, 0.2) is 10.7 Å². The van der Waals surface area contributed by atoms with Gasteiger partial charge in [0.2, 0.25) is 0 Å². The normalized spacial score (nSPS) is 22.5. The Morgan fingerprint density at radius 1 is 1.71 bits per heavy atom. The van der Waals surface area contributed by atoms with E-state index in [0.717, 1.165) is 0 Å². The molecule has 0 bridgehead atoms. The van der Waals surface area contributed by atoms with Crippen LogP contribution in [0.3, 0.4) is 0 Å². The topological polar surface area (TPSA) is 81.6 Å². The van der Waals surface area contributed by atoms with Crippen molar-refractivity contribution in [2.75, 3.05) is 19.7 Å². The molecule has 0 saturated carbocycles. The van der Waals surface area contributed by atoms with Crippen LogP contribution in [-0.4, -0.2) is 47.8 Å². The summed E-state index contributed by atoms with van der Waals surface area (Å²) >= 11 is 0. The number of carbonyl (C=O) groups excluding carboxylic acids is 1. The van der Waals surface area contributed by atoms with E-state index in [0.29, 0.717) is 31.0 Å². The number of aromatic nitrogens is 1. The van der Waals surface area contributed by atoms with Crippen LogP contribution >= 0.6 is 0 Å². The highest BCUT2D eigenvalue weighted by Crippen LogP contribution is 2.14. The molecule has 2 rings (SSSR count). The predicted octanol–water partition coefficient (Wildman–Crippen LogP) is 0.171. The first-order valence-corrected chi connectivity index (χ1v) is 5.67. The second-order valence-corrected chi connectivity index (χ2v) is 4.32. The first-order valence-electron chi connectivity index (χ1n) is 5.67. The fourth-order valence-electron chi connectivity index (χ4n) is 1.85. The van der Waals surface area contributed by atoms with Crippen LogP contribution in [0.4, 0.5) is 0 Å². The Labute approximate surface area is 99.7 Å². The molecule has 1 aromatic heterocycles. The molecule has 0 spiro atoms. The van der Waals surface area contributed by atoms with E-state index < -0.39 is 0 Å². The summed E-state index contributed by atoms with van der Waals surface area (Å²) in [5.74, 6) is 0.469. The minimum absolute atomic E-state index is 0.0716. The largest absolute Gasteiger partial charge is 0.373 e. The van der Waals surface area contributed by atoms with Crippen LogP contribution in [0.2, 0.25) is 0 Å². The Morgan fingerprint density at radius 3 is 3.06 bits per heavy atom. The van der Waals surface area contributed by atoms with Gasteiger partial charge in [0, 0.05) is 19.1 Å². The molecule has 1 fully saturated rings. The van der Waals surface area contributed by atoms with Gasteiger partial charge in [-0.25, -0.2) is 0 Å². The van der Waals surface area contributed by atoms with E-state index in [1.165, 1.54) is 6.20 Å². The average molecular weight is 239 g/mol. The zero-order valence-electron chi connectivity index (χ0n) is 10.0. The summed E-state index contributed by atoms with van der Waals surface area (Å²) in [7, 11) is 0. The van der Waals surface area contributed by atoms with Crippen molar-refractivity contribution in [1.29, 1.82) is 0 Å². The third-order valence-corrected chi connectivity index (χ3v) is 2.95. The van der Waals surface area contributed by atoms with Crippen molar-refractivity contribution in [3.05, 3.63) is 17.5 Å². The molecule has 2 unspecified atom stereocenters. The quantitative estimate of drug-likeness (QED) is 0.795. The Hall–Kier alpha value is -1.40. The summed E-state index contributed by atoms with van der Waals surface area (Å²) in [6, 6.07) is -0.0887. The van der Waals surface area contributed by atoms with E-state index >= 15 is 0 Å². The lowest BCUT2D eigenvalue weighted by Gasteiger charge is -2.34. The SMILES string of the molecule is Cc1oncc1C(=O)N1CCOC(C(C)N)C1. The van der Waals surface area contributed by atoms with Crippen molar-refractivity contribution in [3.8, 4) is 0 Å². The minimum atomic E-state index is -0.104. The van der Waals surface area contributed by atoms with Crippen LogP contribution < -0.4 is 5.73 Å². The molecule has 0 aromatic carbocycles. The Bertz CT molecular complexity index is 402. The lowest BCUT2D eigenvalue weighted by molar-refractivity contribution is -0.0300. The van der Waals surface area contributed by atoms with Gasteiger partial charge in [-0.3, -0.25) is 4.79 Å². The predicted molar refractivity (Wildman–Crippen MR) is 60.5 cm³/mol. The molecule has 2 atom stereocenters. The maximum absolute atomic E-state index is 12.2. The number of nitrogens with two attached hydrogens (primary N) is 1. The molecule has 1 aliphatic rings. The van der Waals surface area contributed by atoms with Crippen LogP contribution in [-0.2, 0) is 4.74 Å². The zero-order chi connectivity index (χ0) is 12.4. The monoisotopic (exact) mass is 239 g/mol. The second-order valence-electron chi connectivity index (χ2n) is 4.32. The van der Waals surface area contributed by atoms with Gasteiger partial charge in [-0.1, -0.05) is 5.16 Å². The molecule has 1 amide bonds. The van der Waals surface area contributed by atoms with Crippen molar-refractivity contribution < 1.29 is 14.1 Å². The molecule has 1 saturated heterocycles. The first-order chi connectivity index (χ1) is 8.09. The third-order valence-electron chi connectivity index (χ3n) is 2.95. The van der Waals surface area contributed by atoms with Crippen LogP contribution in [0, 0.1) is 6.92 Å². The highest BCUT2D eigenvalue weighted by molar-refractivity contribution is 5.94. The van der Waals surface area contributed by atoms with Gasteiger partial charge in [-0.2, -0.15) is 0 Å². The number of hydrogen-bond donors (Lipinski definition) is 1. The summed E-state index contributed by atoms with van der Waals surface area (Å²) in [4.78, 5) is 13.9. The van der Waals surface area contributed by atoms with Crippen molar-refractivity contribution in [2.45, 2.75) is 26.0 Å². The molecule has 1 aromatic rings. The Kier molecular flexibility index (Phi) is 3.44. The van der Waals surface area contributed by atoms with Crippen LogP contribution in [0.5, 0.6) is 0 Å². The summed E-state index contributed by atoms with van der Waals surface area (Å²) in [6.07, 6.45) is 1.35. The summed E-state index contributed by atoms with van der Waals surface area (Å²) in [5, 5.41) is 3.61.